The molecule has 2 atom stereocenters. The zero-order chi connectivity index (χ0) is 15.2. The Bertz CT molecular complexity index is 622. The Morgan fingerprint density at radius 3 is 2.90 bits per heavy atom. The summed E-state index contributed by atoms with van der Waals surface area (Å²) < 4.78 is 7.98. The predicted octanol–water partition coefficient (Wildman–Crippen LogP) is 4.17. The largest absolute Gasteiger partial charge is 0.469 e. The van der Waals surface area contributed by atoms with Crippen molar-refractivity contribution in [2.45, 2.75) is 59.0 Å². The Kier molecular flexibility index (Phi) is 3.48. The quantitative estimate of drug-likeness (QED) is 0.920. The van der Waals surface area contributed by atoms with Gasteiger partial charge in [-0.25, -0.2) is 0 Å². The zero-order valence-electron chi connectivity index (χ0n) is 13.5. The van der Waals surface area contributed by atoms with Gasteiger partial charge >= 0.3 is 0 Å². The van der Waals surface area contributed by atoms with Crippen molar-refractivity contribution in [3.8, 4) is 0 Å². The van der Waals surface area contributed by atoms with Crippen LogP contribution in [0.25, 0.3) is 0 Å². The summed E-state index contributed by atoms with van der Waals surface area (Å²) in [7, 11) is 0. The molecule has 2 heterocycles. The van der Waals surface area contributed by atoms with Crippen molar-refractivity contribution in [2.24, 2.45) is 11.1 Å². The lowest BCUT2D eigenvalue weighted by atomic mass is 9.74. The van der Waals surface area contributed by atoms with Crippen molar-refractivity contribution in [1.82, 2.24) is 4.57 Å². The van der Waals surface area contributed by atoms with E-state index in [2.05, 4.69) is 44.4 Å². The topological polar surface area (TPSA) is 44.1 Å². The molecule has 2 N–H and O–H groups in total. The summed E-state index contributed by atoms with van der Waals surface area (Å²) in [5.74, 6) is 1.05. The molecule has 0 saturated carbocycles. The van der Waals surface area contributed by atoms with Gasteiger partial charge in [0, 0.05) is 29.9 Å². The van der Waals surface area contributed by atoms with Gasteiger partial charge in [-0.05, 0) is 55.9 Å². The molecule has 0 aliphatic heterocycles. The summed E-state index contributed by atoms with van der Waals surface area (Å²) >= 11 is 0. The Balaban J connectivity index is 1.96. The molecule has 21 heavy (non-hydrogen) atoms. The number of hydrogen-bond acceptors (Lipinski definition) is 2. The number of aryl methyl sites for hydroxylation is 1. The third-order valence-corrected chi connectivity index (χ3v) is 4.70. The molecule has 0 saturated heterocycles. The first kappa shape index (κ1) is 14.5. The fourth-order valence-electron chi connectivity index (χ4n) is 3.89. The average molecular weight is 286 g/mol. The molecule has 0 amide bonds. The highest BCUT2D eigenvalue weighted by atomic mass is 16.3. The van der Waals surface area contributed by atoms with Crippen LogP contribution in [0.15, 0.2) is 28.9 Å². The highest BCUT2D eigenvalue weighted by Crippen LogP contribution is 2.42. The van der Waals surface area contributed by atoms with Gasteiger partial charge in [0.2, 0.25) is 0 Å². The number of fused-ring (bicyclic) bond motifs is 1. The molecular formula is C18H26N2O. The zero-order valence-corrected chi connectivity index (χ0v) is 13.5. The first-order valence-corrected chi connectivity index (χ1v) is 7.86. The van der Waals surface area contributed by atoms with Gasteiger partial charge in [0.1, 0.15) is 5.76 Å². The van der Waals surface area contributed by atoms with Gasteiger partial charge in [0.05, 0.1) is 6.26 Å². The molecule has 2 aromatic heterocycles. The van der Waals surface area contributed by atoms with Gasteiger partial charge < -0.3 is 14.7 Å². The van der Waals surface area contributed by atoms with Crippen molar-refractivity contribution in [2.75, 3.05) is 0 Å². The highest BCUT2D eigenvalue weighted by Gasteiger charge is 2.34. The average Bonchev–Trinajstić information content (AvgIpc) is 2.95. The molecule has 0 fully saturated rings. The first-order chi connectivity index (χ1) is 9.87. The molecule has 0 aromatic carbocycles. The molecule has 114 valence electrons. The molecule has 1 aliphatic carbocycles. The van der Waals surface area contributed by atoms with Crippen molar-refractivity contribution < 1.29 is 4.42 Å². The van der Waals surface area contributed by atoms with Crippen LogP contribution in [0.1, 0.15) is 62.0 Å². The van der Waals surface area contributed by atoms with Crippen LogP contribution in [0.5, 0.6) is 0 Å². The molecule has 2 aromatic rings. The third kappa shape index (κ3) is 2.67. The van der Waals surface area contributed by atoms with E-state index in [1.807, 2.05) is 6.07 Å². The molecular weight excluding hydrogens is 260 g/mol. The van der Waals surface area contributed by atoms with Crippen LogP contribution in [-0.2, 0) is 12.8 Å². The van der Waals surface area contributed by atoms with Crippen molar-refractivity contribution in [1.29, 1.82) is 0 Å². The summed E-state index contributed by atoms with van der Waals surface area (Å²) in [5.41, 5.74) is 10.8. The molecule has 0 bridgehead atoms. The Labute approximate surface area is 127 Å². The van der Waals surface area contributed by atoms with E-state index in [4.69, 9.17) is 10.2 Å². The lowest BCUT2D eigenvalue weighted by Crippen LogP contribution is -2.31. The maximum Gasteiger partial charge on any atom is 0.105 e. The number of rotatable bonds is 3. The van der Waals surface area contributed by atoms with Crippen LogP contribution < -0.4 is 5.73 Å². The molecule has 1 aliphatic rings. The number of furan rings is 1. The third-order valence-electron chi connectivity index (χ3n) is 4.70. The standard InChI is InChI=1S/C18H26N2O/c1-12(8-14-6-5-7-21-14)20-13(2)9-15-16(19)10-18(3,4)11-17(15)20/h5-7,9,12,16H,8,10-11,19H2,1-4H3. The lowest BCUT2D eigenvalue weighted by molar-refractivity contribution is 0.271. The Hall–Kier alpha value is -1.48. The summed E-state index contributed by atoms with van der Waals surface area (Å²) in [5, 5.41) is 0. The normalized spacial score (nSPS) is 22.0. The van der Waals surface area contributed by atoms with E-state index >= 15 is 0 Å². The second kappa shape index (κ2) is 5.06. The summed E-state index contributed by atoms with van der Waals surface area (Å²) in [6.45, 7) is 9.10. The predicted molar refractivity (Wildman–Crippen MR) is 85.3 cm³/mol. The van der Waals surface area contributed by atoms with E-state index in [9.17, 15) is 0 Å². The first-order valence-electron chi connectivity index (χ1n) is 7.86. The summed E-state index contributed by atoms with van der Waals surface area (Å²) in [6, 6.07) is 6.85. The van der Waals surface area contributed by atoms with Gasteiger partial charge in [0.15, 0.2) is 0 Å². The fourth-order valence-corrected chi connectivity index (χ4v) is 3.89. The number of hydrogen-bond donors (Lipinski definition) is 1. The smallest absolute Gasteiger partial charge is 0.105 e. The summed E-state index contributed by atoms with van der Waals surface area (Å²) in [6.07, 6.45) is 4.84. The second-order valence-corrected chi connectivity index (χ2v) is 7.34. The van der Waals surface area contributed by atoms with E-state index in [-0.39, 0.29) is 11.5 Å². The Morgan fingerprint density at radius 2 is 2.24 bits per heavy atom. The second-order valence-electron chi connectivity index (χ2n) is 7.34. The molecule has 3 rings (SSSR count). The van der Waals surface area contributed by atoms with Crippen molar-refractivity contribution >= 4 is 0 Å². The monoisotopic (exact) mass is 286 g/mol. The molecule has 0 radical (unpaired) electrons. The minimum absolute atomic E-state index is 0.166. The van der Waals surface area contributed by atoms with Gasteiger partial charge in [-0.15, -0.1) is 0 Å². The minimum atomic E-state index is 0.166. The van der Waals surface area contributed by atoms with E-state index in [1.165, 1.54) is 17.0 Å². The SMILES string of the molecule is Cc1cc2c(n1C(C)Cc1ccco1)CC(C)(C)CC2N. The minimum Gasteiger partial charge on any atom is -0.469 e. The number of nitrogens with two attached hydrogens (primary N) is 1. The molecule has 2 unspecified atom stereocenters. The van der Waals surface area contributed by atoms with Crippen LogP contribution in [0.2, 0.25) is 0 Å². The van der Waals surface area contributed by atoms with Gasteiger partial charge in [-0.2, -0.15) is 0 Å². The van der Waals surface area contributed by atoms with Crippen molar-refractivity contribution in [3.63, 3.8) is 0 Å². The van der Waals surface area contributed by atoms with Crippen molar-refractivity contribution in [3.05, 3.63) is 47.2 Å². The molecule has 3 heteroatoms. The highest BCUT2D eigenvalue weighted by molar-refractivity contribution is 5.34. The van der Waals surface area contributed by atoms with Gasteiger partial charge in [-0.1, -0.05) is 13.8 Å². The maximum atomic E-state index is 6.41. The fraction of sp³-hybridized carbons (Fsp3) is 0.556. The van der Waals surface area contributed by atoms with Crippen LogP contribution in [0.4, 0.5) is 0 Å². The van der Waals surface area contributed by atoms with Gasteiger partial charge in [0.25, 0.3) is 0 Å². The lowest BCUT2D eigenvalue weighted by Gasteiger charge is -2.35. The van der Waals surface area contributed by atoms with E-state index in [0.29, 0.717) is 6.04 Å². The van der Waals surface area contributed by atoms with E-state index in [1.54, 1.807) is 6.26 Å². The Morgan fingerprint density at radius 1 is 1.48 bits per heavy atom. The maximum absolute atomic E-state index is 6.41. The van der Waals surface area contributed by atoms with Crippen LogP contribution in [-0.4, -0.2) is 4.57 Å². The number of nitrogens with zero attached hydrogens (tertiary/aromatic N) is 1. The van der Waals surface area contributed by atoms with Gasteiger partial charge in [-0.3, -0.25) is 0 Å². The van der Waals surface area contributed by atoms with Crippen LogP contribution >= 0.6 is 0 Å². The van der Waals surface area contributed by atoms with E-state index in [0.717, 1.165) is 25.0 Å². The van der Waals surface area contributed by atoms with Crippen LogP contribution in [0.3, 0.4) is 0 Å². The number of aromatic nitrogens is 1. The van der Waals surface area contributed by atoms with E-state index < -0.39 is 0 Å². The molecule has 0 spiro atoms. The van der Waals surface area contributed by atoms with Crippen LogP contribution in [0, 0.1) is 12.3 Å². The summed E-state index contributed by atoms with van der Waals surface area (Å²) in [4.78, 5) is 0. The molecule has 3 nitrogen and oxygen atoms in total.